The maximum atomic E-state index is 13.0. The zero-order valence-electron chi connectivity index (χ0n) is 15.0. The van der Waals surface area contributed by atoms with Gasteiger partial charge in [0.05, 0.1) is 5.56 Å². The van der Waals surface area contributed by atoms with Crippen molar-refractivity contribution in [2.24, 2.45) is 0 Å². The highest BCUT2D eigenvalue weighted by molar-refractivity contribution is 7.80. The molecule has 2 aromatic carbocycles. The molecule has 148 valence electrons. The van der Waals surface area contributed by atoms with Crippen molar-refractivity contribution in [2.75, 3.05) is 6.54 Å². The Labute approximate surface area is 170 Å². The molecule has 0 saturated carbocycles. The fraction of sp³-hybridized carbons (Fsp3) is 0.0952. The molecule has 0 atom stereocenters. The summed E-state index contributed by atoms with van der Waals surface area (Å²) >= 11 is 5.00. The van der Waals surface area contributed by atoms with E-state index in [1.807, 2.05) is 0 Å². The molecule has 0 radical (unpaired) electrons. The van der Waals surface area contributed by atoms with Gasteiger partial charge in [-0.3, -0.25) is 19.8 Å². The number of carbonyl (C=O) groups is 2. The second-order valence-electron chi connectivity index (χ2n) is 6.23. The Hall–Kier alpha value is -3.26. The van der Waals surface area contributed by atoms with E-state index < -0.39 is 23.6 Å². The summed E-state index contributed by atoms with van der Waals surface area (Å²) < 4.78 is 38.9. The average Bonchev–Trinajstić information content (AvgIpc) is 2.68. The van der Waals surface area contributed by atoms with Crippen LogP contribution in [0.15, 0.2) is 66.8 Å². The molecule has 1 fully saturated rings. The van der Waals surface area contributed by atoms with Crippen LogP contribution in [0.4, 0.5) is 13.2 Å². The number of nitrogens with zero attached hydrogens (tertiary/aromatic N) is 1. The van der Waals surface area contributed by atoms with Gasteiger partial charge in [-0.15, -0.1) is 6.58 Å². The van der Waals surface area contributed by atoms with Gasteiger partial charge in [-0.05, 0) is 53.2 Å². The Bertz CT molecular complexity index is 1040. The Morgan fingerprint density at radius 1 is 1.07 bits per heavy atom. The summed E-state index contributed by atoms with van der Waals surface area (Å²) in [7, 11) is 0. The molecular formula is C21H15F3N2O2S. The van der Waals surface area contributed by atoms with E-state index in [1.54, 1.807) is 30.3 Å². The van der Waals surface area contributed by atoms with E-state index >= 15 is 0 Å². The minimum absolute atomic E-state index is 0.00485. The minimum atomic E-state index is -4.45. The van der Waals surface area contributed by atoms with Crippen molar-refractivity contribution in [3.05, 3.63) is 77.9 Å². The maximum Gasteiger partial charge on any atom is 0.416 e. The van der Waals surface area contributed by atoms with Gasteiger partial charge < -0.3 is 0 Å². The zero-order chi connectivity index (χ0) is 21.2. The molecule has 29 heavy (non-hydrogen) atoms. The topological polar surface area (TPSA) is 49.4 Å². The van der Waals surface area contributed by atoms with E-state index in [0.29, 0.717) is 16.7 Å². The summed E-state index contributed by atoms with van der Waals surface area (Å²) in [6.07, 6.45) is -1.59. The first-order valence-corrected chi connectivity index (χ1v) is 8.89. The summed E-state index contributed by atoms with van der Waals surface area (Å²) in [5.74, 6) is -1.20. The summed E-state index contributed by atoms with van der Waals surface area (Å²) in [6, 6.07) is 11.5. The van der Waals surface area contributed by atoms with Crippen LogP contribution in [0.1, 0.15) is 11.1 Å². The molecule has 0 aromatic heterocycles. The van der Waals surface area contributed by atoms with Gasteiger partial charge in [0.15, 0.2) is 5.11 Å². The zero-order valence-corrected chi connectivity index (χ0v) is 15.8. The lowest BCUT2D eigenvalue weighted by Crippen LogP contribution is -2.53. The van der Waals surface area contributed by atoms with E-state index in [0.717, 1.165) is 12.1 Å². The number of amides is 2. The quantitative estimate of drug-likeness (QED) is 0.352. The third-order valence-corrected chi connectivity index (χ3v) is 4.54. The summed E-state index contributed by atoms with van der Waals surface area (Å²) in [4.78, 5) is 26.0. The van der Waals surface area contributed by atoms with Crippen molar-refractivity contribution in [1.29, 1.82) is 0 Å². The molecule has 2 aromatic rings. The fourth-order valence-corrected chi connectivity index (χ4v) is 3.09. The monoisotopic (exact) mass is 416 g/mol. The Morgan fingerprint density at radius 3 is 2.38 bits per heavy atom. The minimum Gasteiger partial charge on any atom is -0.298 e. The molecular weight excluding hydrogens is 401 g/mol. The standard InChI is InChI=1S/C21H15F3N2O2S/c1-2-9-26-19(28)17(18(27)25-20(26)29)11-13-5-3-6-14(10-13)15-7-4-8-16(12-15)21(22,23)24/h2-8,10-12H,1,9H2,(H,25,27,29). The molecule has 3 rings (SSSR count). The van der Waals surface area contributed by atoms with Crippen LogP contribution in [0, 0.1) is 0 Å². The van der Waals surface area contributed by atoms with Crippen LogP contribution in [-0.4, -0.2) is 28.4 Å². The van der Waals surface area contributed by atoms with E-state index in [1.165, 1.54) is 23.1 Å². The van der Waals surface area contributed by atoms with Crippen LogP contribution >= 0.6 is 12.2 Å². The third kappa shape index (κ3) is 4.43. The molecule has 1 heterocycles. The Balaban J connectivity index is 1.98. The molecule has 1 aliphatic rings. The maximum absolute atomic E-state index is 13.0. The lowest BCUT2D eigenvalue weighted by atomic mass is 9.99. The van der Waals surface area contributed by atoms with Crippen LogP contribution in [-0.2, 0) is 15.8 Å². The Morgan fingerprint density at radius 2 is 1.72 bits per heavy atom. The molecule has 4 nitrogen and oxygen atoms in total. The SMILES string of the molecule is C=CCN1C(=O)C(=Cc2cccc(-c3cccc(C(F)(F)F)c3)c2)C(=O)NC1=S. The van der Waals surface area contributed by atoms with E-state index in [2.05, 4.69) is 11.9 Å². The first-order valence-electron chi connectivity index (χ1n) is 8.48. The molecule has 1 N–H and O–H groups in total. The molecule has 0 bridgehead atoms. The Kier molecular flexibility index (Phi) is 5.65. The molecule has 8 heteroatoms. The second-order valence-corrected chi connectivity index (χ2v) is 6.61. The van der Waals surface area contributed by atoms with Gasteiger partial charge in [0.25, 0.3) is 11.8 Å². The summed E-state index contributed by atoms with van der Waals surface area (Å²) in [5, 5.41) is 2.44. The highest BCUT2D eigenvalue weighted by Gasteiger charge is 2.33. The fourth-order valence-electron chi connectivity index (χ4n) is 2.84. The van der Waals surface area contributed by atoms with Crippen molar-refractivity contribution in [1.82, 2.24) is 10.2 Å². The van der Waals surface area contributed by atoms with Crippen LogP contribution in [0.5, 0.6) is 0 Å². The van der Waals surface area contributed by atoms with Gasteiger partial charge >= 0.3 is 6.18 Å². The second kappa shape index (κ2) is 8.00. The largest absolute Gasteiger partial charge is 0.416 e. The van der Waals surface area contributed by atoms with Crippen molar-refractivity contribution in [3.8, 4) is 11.1 Å². The smallest absolute Gasteiger partial charge is 0.298 e. The lowest BCUT2D eigenvalue weighted by Gasteiger charge is -2.27. The number of hydrogen-bond donors (Lipinski definition) is 1. The van der Waals surface area contributed by atoms with Gasteiger partial charge in [0.1, 0.15) is 5.57 Å². The predicted molar refractivity (Wildman–Crippen MR) is 108 cm³/mol. The van der Waals surface area contributed by atoms with E-state index in [9.17, 15) is 22.8 Å². The van der Waals surface area contributed by atoms with Crippen LogP contribution < -0.4 is 5.32 Å². The summed E-state index contributed by atoms with van der Waals surface area (Å²) in [5.41, 5.74) is 0.502. The molecule has 1 aliphatic heterocycles. The van der Waals surface area contributed by atoms with Gasteiger partial charge in [-0.25, -0.2) is 0 Å². The third-order valence-electron chi connectivity index (χ3n) is 4.22. The van der Waals surface area contributed by atoms with E-state index in [4.69, 9.17) is 12.2 Å². The highest BCUT2D eigenvalue weighted by atomic mass is 32.1. The average molecular weight is 416 g/mol. The number of carbonyl (C=O) groups excluding carboxylic acids is 2. The van der Waals surface area contributed by atoms with Gasteiger partial charge in [0, 0.05) is 6.54 Å². The molecule has 0 aliphatic carbocycles. The number of alkyl halides is 3. The number of thiocarbonyl (C=S) groups is 1. The number of rotatable bonds is 4. The normalized spacial score (nSPS) is 16.2. The van der Waals surface area contributed by atoms with Crippen LogP contribution in [0.25, 0.3) is 17.2 Å². The number of hydrogen-bond acceptors (Lipinski definition) is 3. The van der Waals surface area contributed by atoms with Crippen LogP contribution in [0.2, 0.25) is 0 Å². The first kappa shape index (κ1) is 20.5. The lowest BCUT2D eigenvalue weighted by molar-refractivity contribution is -0.137. The number of benzene rings is 2. The van der Waals surface area contributed by atoms with Gasteiger partial charge in [-0.2, -0.15) is 13.2 Å². The molecule has 2 amide bonds. The first-order chi connectivity index (χ1) is 13.7. The van der Waals surface area contributed by atoms with Crippen molar-refractivity contribution < 1.29 is 22.8 Å². The van der Waals surface area contributed by atoms with Crippen molar-refractivity contribution in [3.63, 3.8) is 0 Å². The summed E-state index contributed by atoms with van der Waals surface area (Å²) in [6.45, 7) is 3.69. The number of nitrogens with one attached hydrogen (secondary N) is 1. The molecule has 0 unspecified atom stereocenters. The van der Waals surface area contributed by atoms with Crippen LogP contribution in [0.3, 0.4) is 0 Å². The predicted octanol–water partition coefficient (Wildman–Crippen LogP) is 4.19. The molecule has 0 spiro atoms. The van der Waals surface area contributed by atoms with Crippen molar-refractivity contribution >= 4 is 35.2 Å². The molecule has 1 saturated heterocycles. The van der Waals surface area contributed by atoms with Gasteiger partial charge in [-0.1, -0.05) is 36.4 Å². The highest BCUT2D eigenvalue weighted by Crippen LogP contribution is 2.32. The van der Waals surface area contributed by atoms with E-state index in [-0.39, 0.29) is 17.2 Å². The van der Waals surface area contributed by atoms with Gasteiger partial charge in [0.2, 0.25) is 0 Å². The number of halogens is 3. The van der Waals surface area contributed by atoms with Crippen molar-refractivity contribution in [2.45, 2.75) is 6.18 Å².